The van der Waals surface area contributed by atoms with Crippen LogP contribution in [0.1, 0.15) is 0 Å². The molecule has 0 saturated heterocycles. The summed E-state index contributed by atoms with van der Waals surface area (Å²) >= 11 is 0. The van der Waals surface area contributed by atoms with Gasteiger partial charge in [-0.2, -0.15) is 0 Å². The summed E-state index contributed by atoms with van der Waals surface area (Å²) in [5, 5.41) is 20.9. The number of carboxylic acid groups (broad SMARTS) is 1. The summed E-state index contributed by atoms with van der Waals surface area (Å²) in [5.41, 5.74) is 2.03. The first-order valence-electron chi connectivity index (χ1n) is 4.64. The second-order valence-electron chi connectivity index (χ2n) is 3.04. The van der Waals surface area contributed by atoms with Crippen LogP contribution in [0.25, 0.3) is 0 Å². The van der Waals surface area contributed by atoms with Crippen molar-refractivity contribution >= 4 is 23.4 Å². The van der Waals surface area contributed by atoms with Gasteiger partial charge in [-0.15, -0.1) is 0 Å². The van der Waals surface area contributed by atoms with Gasteiger partial charge in [-0.05, 0) is 12.1 Å². The fourth-order valence-electron chi connectivity index (χ4n) is 0.986. The highest BCUT2D eigenvalue weighted by Gasteiger charge is 2.06. The molecular formula is C9H9N3O6. The van der Waals surface area contributed by atoms with Gasteiger partial charge in [0.2, 0.25) is 0 Å². The van der Waals surface area contributed by atoms with Gasteiger partial charge < -0.3 is 10.4 Å². The molecule has 9 nitrogen and oxygen atoms in total. The van der Waals surface area contributed by atoms with Crippen LogP contribution in [-0.4, -0.2) is 28.6 Å². The van der Waals surface area contributed by atoms with E-state index in [1.807, 2.05) is 5.48 Å². The topological polar surface area (TPSA) is 131 Å². The number of carbonyl (C=O) groups excluding carboxylic acids is 1. The van der Waals surface area contributed by atoms with Gasteiger partial charge in [-0.1, -0.05) is 0 Å². The molecule has 0 spiro atoms. The van der Waals surface area contributed by atoms with Crippen LogP contribution in [0.15, 0.2) is 24.3 Å². The molecule has 0 aliphatic rings. The van der Waals surface area contributed by atoms with Crippen molar-refractivity contribution in [3.05, 3.63) is 34.4 Å². The first kappa shape index (κ1) is 13.4. The minimum atomic E-state index is -1.23. The summed E-state index contributed by atoms with van der Waals surface area (Å²) in [7, 11) is 0. The van der Waals surface area contributed by atoms with Gasteiger partial charge in [-0.3, -0.25) is 15.0 Å². The number of aliphatic carboxylic acids is 1. The van der Waals surface area contributed by atoms with E-state index in [9.17, 15) is 19.7 Å². The van der Waals surface area contributed by atoms with Crippen LogP contribution >= 0.6 is 0 Å². The number of non-ortho nitro benzene ring substituents is 1. The lowest BCUT2D eigenvalue weighted by Crippen LogP contribution is -2.30. The number of carboxylic acids is 1. The number of carbonyl (C=O) groups is 2. The molecule has 0 fully saturated rings. The molecular weight excluding hydrogens is 246 g/mol. The Bertz CT molecular complexity index is 458. The monoisotopic (exact) mass is 255 g/mol. The highest BCUT2D eigenvalue weighted by molar-refractivity contribution is 5.88. The first-order chi connectivity index (χ1) is 8.49. The molecule has 0 saturated carbocycles. The number of amides is 2. The highest BCUT2D eigenvalue weighted by Crippen LogP contribution is 2.14. The molecule has 96 valence electrons. The summed E-state index contributed by atoms with van der Waals surface area (Å²) in [6.07, 6.45) is 0. The molecule has 9 heteroatoms. The normalized spacial score (nSPS) is 9.56. The van der Waals surface area contributed by atoms with Crippen molar-refractivity contribution in [2.75, 3.05) is 11.9 Å². The van der Waals surface area contributed by atoms with Crippen LogP contribution in [0.2, 0.25) is 0 Å². The third-order valence-electron chi connectivity index (χ3n) is 1.70. The quantitative estimate of drug-likeness (QED) is 0.525. The first-order valence-corrected chi connectivity index (χ1v) is 4.64. The van der Waals surface area contributed by atoms with Gasteiger partial charge in [0.05, 0.1) is 4.92 Å². The molecule has 0 atom stereocenters. The second-order valence-corrected chi connectivity index (χ2v) is 3.04. The van der Waals surface area contributed by atoms with Crippen molar-refractivity contribution in [3.63, 3.8) is 0 Å². The largest absolute Gasteiger partial charge is 0.479 e. The van der Waals surface area contributed by atoms with Crippen molar-refractivity contribution in [3.8, 4) is 0 Å². The van der Waals surface area contributed by atoms with E-state index < -0.39 is 23.5 Å². The number of nitrogens with zero attached hydrogens (tertiary/aromatic N) is 1. The number of rotatable bonds is 5. The van der Waals surface area contributed by atoms with E-state index in [0.29, 0.717) is 5.69 Å². The summed E-state index contributed by atoms with van der Waals surface area (Å²) in [6, 6.07) is 4.30. The third-order valence-corrected chi connectivity index (χ3v) is 1.70. The lowest BCUT2D eigenvalue weighted by molar-refractivity contribution is -0.384. The molecule has 0 bridgehead atoms. The number of benzene rings is 1. The zero-order chi connectivity index (χ0) is 13.5. The molecule has 0 unspecified atom stereocenters. The van der Waals surface area contributed by atoms with Crippen LogP contribution in [-0.2, 0) is 9.63 Å². The Morgan fingerprint density at radius 2 is 1.94 bits per heavy atom. The molecule has 0 aliphatic carbocycles. The maximum Gasteiger partial charge on any atom is 0.343 e. The predicted octanol–water partition coefficient (Wildman–Crippen LogP) is 0.733. The van der Waals surface area contributed by atoms with Gasteiger partial charge in [0.1, 0.15) is 0 Å². The number of nitro groups is 1. The lowest BCUT2D eigenvalue weighted by atomic mass is 10.3. The smallest absolute Gasteiger partial charge is 0.343 e. The Hall–Kier alpha value is -2.68. The van der Waals surface area contributed by atoms with Crippen LogP contribution < -0.4 is 10.8 Å². The van der Waals surface area contributed by atoms with Crippen LogP contribution in [0, 0.1) is 10.1 Å². The van der Waals surface area contributed by atoms with Crippen molar-refractivity contribution in [1.29, 1.82) is 0 Å². The molecule has 0 heterocycles. The van der Waals surface area contributed by atoms with E-state index in [4.69, 9.17) is 5.11 Å². The average molecular weight is 255 g/mol. The Kier molecular flexibility index (Phi) is 4.58. The Balaban J connectivity index is 2.44. The van der Waals surface area contributed by atoms with Crippen LogP contribution in [0.4, 0.5) is 16.2 Å². The number of hydroxylamine groups is 1. The van der Waals surface area contributed by atoms with E-state index in [0.717, 1.165) is 0 Å². The molecule has 2 amide bonds. The van der Waals surface area contributed by atoms with E-state index in [1.165, 1.54) is 24.3 Å². The molecule has 18 heavy (non-hydrogen) atoms. The fraction of sp³-hybridized carbons (Fsp3) is 0.111. The standard InChI is InChI=1S/C9H9N3O6/c13-8(14)5-18-11-9(15)10-6-1-3-7(4-2-6)12(16)17/h1-4H,5H2,(H,13,14)(H2,10,11,15). The van der Waals surface area contributed by atoms with Gasteiger partial charge in [0.25, 0.3) is 5.69 Å². The van der Waals surface area contributed by atoms with Crippen LogP contribution in [0.3, 0.4) is 0 Å². The zero-order valence-corrected chi connectivity index (χ0v) is 8.95. The number of hydrogen-bond acceptors (Lipinski definition) is 5. The minimum absolute atomic E-state index is 0.108. The Morgan fingerprint density at radius 3 is 2.44 bits per heavy atom. The summed E-state index contributed by atoms with van der Waals surface area (Å²) in [5.74, 6) is -1.23. The molecule has 0 aromatic heterocycles. The summed E-state index contributed by atoms with van der Waals surface area (Å²) in [4.78, 5) is 35.3. The maximum atomic E-state index is 11.1. The van der Waals surface area contributed by atoms with Crippen molar-refractivity contribution in [2.24, 2.45) is 0 Å². The highest BCUT2D eigenvalue weighted by atomic mass is 16.7. The number of nitro benzene ring substituents is 1. The number of hydrogen-bond donors (Lipinski definition) is 3. The van der Waals surface area contributed by atoms with Crippen molar-refractivity contribution < 1.29 is 24.5 Å². The van der Waals surface area contributed by atoms with E-state index in [1.54, 1.807) is 0 Å². The molecule has 3 N–H and O–H groups in total. The van der Waals surface area contributed by atoms with Gasteiger partial charge in [-0.25, -0.2) is 15.1 Å². The van der Waals surface area contributed by atoms with E-state index >= 15 is 0 Å². The number of anilines is 1. The molecule has 1 rings (SSSR count). The third kappa shape index (κ3) is 4.45. The number of nitrogens with one attached hydrogen (secondary N) is 2. The van der Waals surface area contributed by atoms with Crippen molar-refractivity contribution in [2.45, 2.75) is 0 Å². The van der Waals surface area contributed by atoms with Crippen LogP contribution in [0.5, 0.6) is 0 Å². The molecule has 0 aliphatic heterocycles. The van der Waals surface area contributed by atoms with E-state index in [2.05, 4.69) is 10.2 Å². The maximum absolute atomic E-state index is 11.1. The number of urea groups is 1. The fourth-order valence-corrected chi connectivity index (χ4v) is 0.986. The molecule has 1 aromatic rings. The summed E-state index contributed by atoms with van der Waals surface area (Å²) in [6.45, 7) is -0.673. The Labute approximate surface area is 100 Å². The van der Waals surface area contributed by atoms with Gasteiger partial charge >= 0.3 is 12.0 Å². The lowest BCUT2D eigenvalue weighted by Gasteiger charge is -2.06. The average Bonchev–Trinajstić information content (AvgIpc) is 2.29. The SMILES string of the molecule is O=C(O)CONC(=O)Nc1ccc([N+](=O)[O-])cc1. The zero-order valence-electron chi connectivity index (χ0n) is 8.95. The summed E-state index contributed by atoms with van der Waals surface area (Å²) < 4.78 is 0. The second kappa shape index (κ2) is 6.15. The molecule has 1 aromatic carbocycles. The molecule has 0 radical (unpaired) electrons. The van der Waals surface area contributed by atoms with Crippen molar-refractivity contribution in [1.82, 2.24) is 5.48 Å². The van der Waals surface area contributed by atoms with Gasteiger partial charge in [0, 0.05) is 17.8 Å². The predicted molar refractivity (Wildman–Crippen MR) is 58.8 cm³/mol. The minimum Gasteiger partial charge on any atom is -0.479 e. The van der Waals surface area contributed by atoms with E-state index in [-0.39, 0.29) is 5.69 Å². The Morgan fingerprint density at radius 1 is 1.33 bits per heavy atom. The van der Waals surface area contributed by atoms with Gasteiger partial charge in [0.15, 0.2) is 6.61 Å².